The summed E-state index contributed by atoms with van der Waals surface area (Å²) in [4.78, 5) is 16.3. The molecular formula is C24H19ClF3N3O4. The van der Waals surface area contributed by atoms with E-state index in [1.165, 1.54) is 6.07 Å². The number of rotatable bonds is 4. The van der Waals surface area contributed by atoms with Gasteiger partial charge in [0.05, 0.1) is 11.8 Å². The molecule has 182 valence electrons. The molecule has 3 fully saturated rings. The van der Waals surface area contributed by atoms with Gasteiger partial charge in [0, 0.05) is 45.8 Å². The van der Waals surface area contributed by atoms with Gasteiger partial charge in [0.25, 0.3) is 5.91 Å². The first-order valence-electron chi connectivity index (χ1n) is 11.0. The third-order valence-electron chi connectivity index (χ3n) is 7.14. The molecule has 2 atom stereocenters. The van der Waals surface area contributed by atoms with E-state index < -0.39 is 24.1 Å². The lowest BCUT2D eigenvalue weighted by molar-refractivity contribution is -0.147. The van der Waals surface area contributed by atoms with E-state index in [0.717, 1.165) is 12.3 Å². The van der Waals surface area contributed by atoms with Crippen LogP contribution in [-0.4, -0.2) is 32.8 Å². The van der Waals surface area contributed by atoms with Crippen LogP contribution in [-0.2, 0) is 16.4 Å². The Bertz CT molecular complexity index is 1300. The molecule has 2 bridgehead atoms. The van der Waals surface area contributed by atoms with Gasteiger partial charge in [0.1, 0.15) is 11.4 Å². The predicted octanol–water partition coefficient (Wildman–Crippen LogP) is 4.58. The van der Waals surface area contributed by atoms with Crippen LogP contribution in [0.3, 0.4) is 0 Å². The minimum Gasteiger partial charge on any atom is -0.480 e. The number of hydrogen-bond donors (Lipinski definition) is 2. The van der Waals surface area contributed by atoms with E-state index in [1.807, 2.05) is 0 Å². The summed E-state index contributed by atoms with van der Waals surface area (Å²) in [5.41, 5.74) is 0.112. The maximum absolute atomic E-state index is 12.9. The fourth-order valence-corrected chi connectivity index (χ4v) is 5.66. The molecule has 1 amide bonds. The van der Waals surface area contributed by atoms with Gasteiger partial charge in [-0.1, -0.05) is 16.8 Å². The molecule has 11 heteroatoms. The predicted molar refractivity (Wildman–Crippen MR) is 117 cm³/mol. The number of aromatic nitrogens is 2. The van der Waals surface area contributed by atoms with E-state index in [1.54, 1.807) is 24.3 Å². The van der Waals surface area contributed by atoms with Gasteiger partial charge in [-0.3, -0.25) is 9.78 Å². The molecule has 3 aromatic rings. The van der Waals surface area contributed by atoms with Crippen molar-refractivity contribution in [2.75, 3.05) is 0 Å². The maximum atomic E-state index is 12.9. The molecule has 1 aromatic carbocycles. The summed E-state index contributed by atoms with van der Waals surface area (Å²) in [6, 6.07) is 8.84. The Hall–Kier alpha value is -3.11. The lowest BCUT2D eigenvalue weighted by atomic mass is 9.38. The van der Waals surface area contributed by atoms with Crippen LogP contribution >= 0.6 is 11.6 Å². The van der Waals surface area contributed by atoms with Crippen molar-refractivity contribution in [3.63, 3.8) is 0 Å². The van der Waals surface area contributed by atoms with Gasteiger partial charge in [0.2, 0.25) is 0 Å². The minimum absolute atomic E-state index is 0.133. The van der Waals surface area contributed by atoms with E-state index in [9.17, 15) is 23.1 Å². The Balaban J connectivity index is 1.09. The van der Waals surface area contributed by atoms with Crippen molar-refractivity contribution in [1.82, 2.24) is 15.5 Å². The third kappa shape index (κ3) is 3.66. The SMILES string of the molecule is O=C(NC12CC(c3cc(-c4ccc(C(F)(F)F)nc4)on3)(C1)C2)[C@H]1C[C@@H](O)c2cc(Cl)ccc2O1. The van der Waals surface area contributed by atoms with Crippen molar-refractivity contribution in [2.24, 2.45) is 0 Å². The second kappa shape index (κ2) is 7.44. The fraction of sp³-hybridized carbons (Fsp3) is 0.375. The molecule has 0 radical (unpaired) electrons. The molecule has 0 spiro atoms. The number of carbonyl (C=O) groups excluding carboxylic acids is 1. The van der Waals surface area contributed by atoms with Crippen LogP contribution in [0.1, 0.15) is 48.7 Å². The topological polar surface area (TPSA) is 97.5 Å². The van der Waals surface area contributed by atoms with Crippen molar-refractivity contribution < 1.29 is 32.3 Å². The van der Waals surface area contributed by atoms with E-state index in [-0.39, 0.29) is 23.3 Å². The van der Waals surface area contributed by atoms with Gasteiger partial charge in [-0.15, -0.1) is 0 Å². The van der Waals surface area contributed by atoms with E-state index >= 15 is 0 Å². The molecule has 2 aromatic heterocycles. The van der Waals surface area contributed by atoms with Gasteiger partial charge in [-0.25, -0.2) is 0 Å². The van der Waals surface area contributed by atoms with Crippen LogP contribution in [0.4, 0.5) is 13.2 Å². The molecule has 7 nitrogen and oxygen atoms in total. The zero-order valence-corrected chi connectivity index (χ0v) is 18.9. The molecule has 3 heterocycles. The largest absolute Gasteiger partial charge is 0.480 e. The van der Waals surface area contributed by atoms with Crippen molar-refractivity contribution in [2.45, 2.75) is 55.0 Å². The van der Waals surface area contributed by atoms with Crippen LogP contribution in [0.25, 0.3) is 11.3 Å². The van der Waals surface area contributed by atoms with Crippen molar-refractivity contribution >= 4 is 17.5 Å². The number of pyridine rings is 1. The molecule has 3 saturated carbocycles. The number of ether oxygens (including phenoxy) is 1. The second-order valence-electron chi connectivity index (χ2n) is 9.63. The lowest BCUT2D eigenvalue weighted by Crippen LogP contribution is -2.77. The van der Waals surface area contributed by atoms with Gasteiger partial charge < -0.3 is 19.7 Å². The van der Waals surface area contributed by atoms with Crippen LogP contribution in [0, 0.1) is 0 Å². The zero-order valence-electron chi connectivity index (χ0n) is 18.1. The summed E-state index contributed by atoms with van der Waals surface area (Å²) in [7, 11) is 0. The number of aliphatic hydroxyl groups is 1. The minimum atomic E-state index is -4.51. The highest BCUT2D eigenvalue weighted by Crippen LogP contribution is 2.67. The number of fused-ring (bicyclic) bond motifs is 1. The van der Waals surface area contributed by atoms with Crippen LogP contribution in [0.5, 0.6) is 5.75 Å². The van der Waals surface area contributed by atoms with Crippen LogP contribution in [0.2, 0.25) is 5.02 Å². The Labute approximate surface area is 202 Å². The Morgan fingerprint density at radius 1 is 1.17 bits per heavy atom. The van der Waals surface area contributed by atoms with Crippen LogP contribution in [0.15, 0.2) is 47.1 Å². The molecule has 2 N–H and O–H groups in total. The molecule has 4 aliphatic rings. The Morgan fingerprint density at radius 3 is 2.63 bits per heavy atom. The number of hydrogen-bond acceptors (Lipinski definition) is 6. The number of benzene rings is 1. The summed E-state index contributed by atoms with van der Waals surface area (Å²) >= 11 is 5.98. The number of nitrogens with one attached hydrogen (secondary N) is 1. The molecule has 0 unspecified atom stereocenters. The number of halogens is 4. The Kier molecular flexibility index (Phi) is 4.76. The summed E-state index contributed by atoms with van der Waals surface area (Å²) < 4.78 is 49.4. The van der Waals surface area contributed by atoms with E-state index in [2.05, 4.69) is 15.5 Å². The van der Waals surface area contributed by atoms with Crippen LogP contribution < -0.4 is 10.1 Å². The third-order valence-corrected chi connectivity index (χ3v) is 7.38. The number of amides is 1. The Morgan fingerprint density at radius 2 is 1.94 bits per heavy atom. The first-order chi connectivity index (χ1) is 16.6. The van der Waals surface area contributed by atoms with Gasteiger partial charge >= 0.3 is 6.18 Å². The monoisotopic (exact) mass is 505 g/mol. The molecule has 3 aliphatic carbocycles. The number of aliphatic hydroxyl groups excluding tert-OH is 1. The van der Waals surface area contributed by atoms with Crippen molar-refractivity contribution in [1.29, 1.82) is 0 Å². The normalized spacial score (nSPS) is 28.8. The summed E-state index contributed by atoms with van der Waals surface area (Å²) in [6.07, 6.45) is -2.90. The molecule has 7 rings (SSSR count). The average Bonchev–Trinajstić information content (AvgIpc) is 3.25. The van der Waals surface area contributed by atoms with Gasteiger partial charge in [-0.2, -0.15) is 13.2 Å². The fourth-order valence-electron chi connectivity index (χ4n) is 5.48. The molecule has 1 aliphatic heterocycles. The zero-order chi connectivity index (χ0) is 24.6. The molecule has 35 heavy (non-hydrogen) atoms. The smallest absolute Gasteiger partial charge is 0.433 e. The quantitative estimate of drug-likeness (QED) is 0.538. The van der Waals surface area contributed by atoms with E-state index in [4.69, 9.17) is 20.9 Å². The highest BCUT2D eigenvalue weighted by molar-refractivity contribution is 6.30. The van der Waals surface area contributed by atoms with Gasteiger partial charge in [-0.05, 0) is 49.6 Å². The number of nitrogens with zero attached hydrogens (tertiary/aromatic N) is 2. The second-order valence-corrected chi connectivity index (χ2v) is 10.1. The summed E-state index contributed by atoms with van der Waals surface area (Å²) in [6.45, 7) is 0. The van der Waals surface area contributed by atoms with Crippen molar-refractivity contribution in [3.05, 3.63) is 64.6 Å². The standard InChI is InChI=1S/C24H19ClF3N3O4/c25-13-2-3-16-14(5-13)15(32)6-18(34-16)21(33)30-23-9-22(10-23,11-23)20-7-17(35-31-20)12-1-4-19(29-8-12)24(26,27)28/h1-5,7-8,15,18,32H,6,9-11H2,(H,30,33)/t15-,18-,22?,23?/m1/s1. The maximum Gasteiger partial charge on any atom is 0.433 e. The molecular weight excluding hydrogens is 487 g/mol. The first-order valence-corrected chi connectivity index (χ1v) is 11.4. The van der Waals surface area contributed by atoms with E-state index in [0.29, 0.717) is 52.6 Å². The average molecular weight is 506 g/mol. The van der Waals surface area contributed by atoms with Gasteiger partial charge in [0.15, 0.2) is 11.9 Å². The first kappa shape index (κ1) is 22.4. The molecule has 0 saturated heterocycles. The summed E-state index contributed by atoms with van der Waals surface area (Å²) in [5.74, 6) is 0.497. The number of alkyl halides is 3. The highest BCUT2D eigenvalue weighted by Gasteiger charge is 2.70. The van der Waals surface area contributed by atoms with Crippen molar-refractivity contribution in [3.8, 4) is 17.1 Å². The highest BCUT2D eigenvalue weighted by atomic mass is 35.5. The number of carbonyl (C=O) groups is 1. The summed E-state index contributed by atoms with van der Waals surface area (Å²) in [5, 5.41) is 18.1. The lowest BCUT2D eigenvalue weighted by Gasteiger charge is -2.69.